The van der Waals surface area contributed by atoms with E-state index in [2.05, 4.69) is 4.99 Å². The number of alkyl halides is 3. The maximum atomic E-state index is 14.1. The topological polar surface area (TPSA) is 45.1 Å². The van der Waals surface area contributed by atoms with E-state index in [-0.39, 0.29) is 23.5 Å². The second kappa shape index (κ2) is 8.65. The number of aliphatic imine (C=N–C) groups is 1. The van der Waals surface area contributed by atoms with Crippen molar-refractivity contribution in [2.75, 3.05) is 20.2 Å². The van der Waals surface area contributed by atoms with Crippen molar-refractivity contribution in [3.63, 3.8) is 0 Å². The second-order valence-corrected chi connectivity index (χ2v) is 6.46. The zero-order chi connectivity index (χ0) is 20.9. The van der Waals surface area contributed by atoms with Crippen molar-refractivity contribution in [3.8, 4) is 5.75 Å². The number of aliphatic hydroxyl groups is 1. The normalized spacial score (nSPS) is 14.1. The average molecular weight is 394 g/mol. The van der Waals surface area contributed by atoms with Crippen LogP contribution in [-0.2, 0) is 5.60 Å². The summed E-state index contributed by atoms with van der Waals surface area (Å²) in [5, 5.41) is 10.9. The van der Waals surface area contributed by atoms with Crippen LogP contribution < -0.4 is 4.74 Å². The first-order chi connectivity index (χ1) is 13.1. The maximum absolute atomic E-state index is 14.1. The number of ether oxygens (including phenoxy) is 1. The van der Waals surface area contributed by atoms with E-state index in [4.69, 9.17) is 4.74 Å². The van der Waals surface area contributed by atoms with Gasteiger partial charge in [0.25, 0.3) is 0 Å². The van der Waals surface area contributed by atoms with E-state index in [0.717, 1.165) is 6.54 Å². The molecule has 0 radical (unpaired) electrons. The predicted molar refractivity (Wildman–Crippen MR) is 104 cm³/mol. The molecule has 2 rings (SSSR count). The molecule has 0 amide bonds. The molecule has 1 unspecified atom stereocenters. The molecule has 0 bridgehead atoms. The molecule has 0 spiro atoms. The zero-order valence-electron chi connectivity index (χ0n) is 16.4. The minimum atomic E-state index is -4.94. The molecule has 0 aromatic heterocycles. The number of hydrogen-bond donors (Lipinski definition) is 1. The molecule has 1 N–H and O–H groups in total. The summed E-state index contributed by atoms with van der Waals surface area (Å²) in [7, 11) is 1.84. The van der Waals surface area contributed by atoms with Gasteiger partial charge in [-0.1, -0.05) is 30.3 Å². The first-order valence-electron chi connectivity index (χ1n) is 9.02. The minimum Gasteiger partial charge on any atom is -0.493 e. The van der Waals surface area contributed by atoms with Gasteiger partial charge in [-0.15, -0.1) is 0 Å². The van der Waals surface area contributed by atoms with E-state index in [1.54, 1.807) is 26.3 Å². The largest absolute Gasteiger partial charge is 0.493 e. The van der Waals surface area contributed by atoms with Crippen LogP contribution in [0.4, 0.5) is 18.9 Å². The van der Waals surface area contributed by atoms with Gasteiger partial charge >= 0.3 is 6.18 Å². The fourth-order valence-electron chi connectivity index (χ4n) is 2.77. The SMILES string of the molecule is CCOc1cc(N=CN(C)CC)c(C)cc1C(O)(c1ccccc1)C(F)(F)F. The summed E-state index contributed by atoms with van der Waals surface area (Å²) in [5.41, 5.74) is -2.85. The van der Waals surface area contributed by atoms with E-state index in [9.17, 15) is 18.3 Å². The minimum absolute atomic E-state index is 0.0527. The number of halogens is 3. The van der Waals surface area contributed by atoms with Crippen molar-refractivity contribution in [1.82, 2.24) is 4.90 Å². The van der Waals surface area contributed by atoms with Gasteiger partial charge in [-0.25, -0.2) is 4.99 Å². The summed E-state index contributed by atoms with van der Waals surface area (Å²) >= 11 is 0. The van der Waals surface area contributed by atoms with Gasteiger partial charge in [-0.05, 0) is 38.0 Å². The average Bonchev–Trinajstić information content (AvgIpc) is 2.67. The Hall–Kier alpha value is -2.54. The lowest BCUT2D eigenvalue weighted by atomic mass is 9.84. The van der Waals surface area contributed by atoms with Crippen molar-refractivity contribution in [2.24, 2.45) is 4.99 Å². The number of hydrogen-bond acceptors (Lipinski definition) is 3. The van der Waals surface area contributed by atoms with Crippen molar-refractivity contribution < 1.29 is 23.0 Å². The fourth-order valence-corrected chi connectivity index (χ4v) is 2.77. The van der Waals surface area contributed by atoms with Gasteiger partial charge in [0.15, 0.2) is 0 Å². The molecule has 0 aliphatic heterocycles. The smallest absolute Gasteiger partial charge is 0.425 e. The number of benzene rings is 2. The molecule has 152 valence electrons. The molecule has 7 heteroatoms. The maximum Gasteiger partial charge on any atom is 0.425 e. The Labute approximate surface area is 163 Å². The Morgan fingerprint density at radius 2 is 1.79 bits per heavy atom. The van der Waals surface area contributed by atoms with Crippen molar-refractivity contribution in [2.45, 2.75) is 32.5 Å². The van der Waals surface area contributed by atoms with Crippen LogP contribution in [0.2, 0.25) is 0 Å². The van der Waals surface area contributed by atoms with E-state index in [1.807, 2.05) is 18.9 Å². The third-order valence-electron chi connectivity index (χ3n) is 4.48. The molecule has 0 fully saturated rings. The zero-order valence-corrected chi connectivity index (χ0v) is 16.4. The van der Waals surface area contributed by atoms with E-state index >= 15 is 0 Å². The Morgan fingerprint density at radius 3 is 2.32 bits per heavy atom. The molecule has 0 aliphatic rings. The Morgan fingerprint density at radius 1 is 1.14 bits per heavy atom. The quantitative estimate of drug-likeness (QED) is 0.542. The molecular formula is C21H25F3N2O2. The first kappa shape index (κ1) is 21.8. The molecule has 2 aromatic rings. The molecular weight excluding hydrogens is 369 g/mol. The summed E-state index contributed by atoms with van der Waals surface area (Å²) in [6, 6.07) is 9.74. The van der Waals surface area contributed by atoms with Crippen LogP contribution in [0.1, 0.15) is 30.5 Å². The van der Waals surface area contributed by atoms with Gasteiger partial charge in [-0.3, -0.25) is 0 Å². The highest BCUT2D eigenvalue weighted by molar-refractivity contribution is 5.66. The molecule has 0 saturated heterocycles. The van der Waals surface area contributed by atoms with E-state index in [1.165, 1.54) is 36.4 Å². The van der Waals surface area contributed by atoms with Crippen molar-refractivity contribution in [3.05, 3.63) is 59.2 Å². The van der Waals surface area contributed by atoms with Crippen LogP contribution in [-0.4, -0.2) is 42.7 Å². The van der Waals surface area contributed by atoms with Gasteiger partial charge < -0.3 is 14.7 Å². The lowest BCUT2D eigenvalue weighted by Crippen LogP contribution is -2.43. The van der Waals surface area contributed by atoms with Gasteiger partial charge in [0.2, 0.25) is 5.60 Å². The summed E-state index contributed by atoms with van der Waals surface area (Å²) in [5.74, 6) is -0.0527. The van der Waals surface area contributed by atoms with Crippen LogP contribution in [0.15, 0.2) is 47.5 Å². The van der Waals surface area contributed by atoms with Crippen LogP contribution in [0.3, 0.4) is 0 Å². The molecule has 28 heavy (non-hydrogen) atoms. The highest BCUT2D eigenvalue weighted by atomic mass is 19.4. The van der Waals surface area contributed by atoms with Crippen molar-refractivity contribution in [1.29, 1.82) is 0 Å². The summed E-state index contributed by atoms with van der Waals surface area (Å²) < 4.78 is 47.7. The highest BCUT2D eigenvalue weighted by Gasteiger charge is 2.57. The van der Waals surface area contributed by atoms with Crippen LogP contribution in [0, 0.1) is 6.92 Å². The summed E-state index contributed by atoms with van der Waals surface area (Å²) in [6.45, 7) is 6.17. The molecule has 1 atom stereocenters. The van der Waals surface area contributed by atoms with E-state index in [0.29, 0.717) is 11.3 Å². The van der Waals surface area contributed by atoms with Gasteiger partial charge in [0, 0.05) is 25.2 Å². The van der Waals surface area contributed by atoms with Crippen LogP contribution >= 0.6 is 0 Å². The van der Waals surface area contributed by atoms with Crippen LogP contribution in [0.25, 0.3) is 0 Å². The molecule has 0 heterocycles. The Balaban J connectivity index is 2.70. The fraction of sp³-hybridized carbons (Fsp3) is 0.381. The van der Waals surface area contributed by atoms with E-state index < -0.39 is 11.8 Å². The lowest BCUT2D eigenvalue weighted by molar-refractivity contribution is -0.248. The third-order valence-corrected chi connectivity index (χ3v) is 4.48. The van der Waals surface area contributed by atoms with Gasteiger partial charge in [-0.2, -0.15) is 13.2 Å². The number of rotatable bonds is 7. The number of nitrogens with zero attached hydrogens (tertiary/aromatic N) is 2. The third kappa shape index (κ3) is 4.30. The van der Waals surface area contributed by atoms with Crippen molar-refractivity contribution >= 4 is 12.0 Å². The van der Waals surface area contributed by atoms with Gasteiger partial charge in [0.1, 0.15) is 5.75 Å². The molecule has 0 saturated carbocycles. The lowest BCUT2D eigenvalue weighted by Gasteiger charge is -2.33. The Kier molecular flexibility index (Phi) is 6.72. The van der Waals surface area contributed by atoms with Gasteiger partial charge in [0.05, 0.1) is 18.6 Å². The predicted octanol–water partition coefficient (Wildman–Crippen LogP) is 4.80. The highest BCUT2D eigenvalue weighted by Crippen LogP contribution is 2.48. The van der Waals surface area contributed by atoms with Crippen LogP contribution in [0.5, 0.6) is 5.75 Å². The standard InChI is InChI=1S/C21H25F3N2O2/c1-5-26(4)14-25-18-13-19(28-6-2)17(12-15(18)3)20(27,21(22,23)24)16-10-8-7-9-11-16/h7-14,27H,5-6H2,1-4H3. The second-order valence-electron chi connectivity index (χ2n) is 6.46. The summed E-state index contributed by atoms with van der Waals surface area (Å²) in [4.78, 5) is 6.17. The Bertz CT molecular complexity index is 822. The molecule has 0 aliphatic carbocycles. The monoisotopic (exact) mass is 394 g/mol. The first-order valence-corrected chi connectivity index (χ1v) is 9.02. The summed E-state index contributed by atoms with van der Waals surface area (Å²) in [6.07, 6.45) is -3.34. The number of aryl methyl sites for hydroxylation is 1. The molecule has 4 nitrogen and oxygen atoms in total. The molecule has 2 aromatic carbocycles.